The number of nitrogens with zero attached hydrogens (tertiary/aromatic N) is 3. The minimum absolute atomic E-state index is 0.805. The minimum atomic E-state index is 0.805. The second-order valence-corrected chi connectivity index (χ2v) is 3.38. The first-order valence-corrected chi connectivity index (χ1v) is 4.65. The number of fused-ring (bicyclic) bond motifs is 1. The number of aromatic nitrogens is 5. The van der Waals surface area contributed by atoms with E-state index >= 15 is 0 Å². The average molecular weight is 199 g/mol. The summed E-state index contributed by atoms with van der Waals surface area (Å²) in [6.45, 7) is 1.96. The summed E-state index contributed by atoms with van der Waals surface area (Å²) in [6.07, 6.45) is 5.34. The predicted octanol–water partition coefficient (Wildman–Crippen LogP) is 1.66. The maximum atomic E-state index is 4.48. The van der Waals surface area contributed by atoms with Crippen LogP contribution in [0.3, 0.4) is 0 Å². The van der Waals surface area contributed by atoms with Gasteiger partial charge >= 0.3 is 0 Å². The topological polar surface area (TPSA) is 70.2 Å². The van der Waals surface area contributed by atoms with E-state index in [1.165, 1.54) is 0 Å². The quantitative estimate of drug-likeness (QED) is 0.626. The molecule has 0 aliphatic heterocycles. The summed E-state index contributed by atoms with van der Waals surface area (Å²) in [5, 5.41) is 6.85. The summed E-state index contributed by atoms with van der Waals surface area (Å²) in [7, 11) is 0. The fraction of sp³-hybridized carbons (Fsp3) is 0.100. The van der Waals surface area contributed by atoms with Gasteiger partial charge in [0.05, 0.1) is 18.1 Å². The number of rotatable bonds is 1. The highest BCUT2D eigenvalue weighted by Crippen LogP contribution is 2.19. The van der Waals surface area contributed by atoms with E-state index in [1.807, 2.05) is 19.2 Å². The third-order valence-electron chi connectivity index (χ3n) is 2.37. The van der Waals surface area contributed by atoms with Gasteiger partial charge in [-0.25, -0.2) is 9.97 Å². The molecule has 3 aromatic heterocycles. The van der Waals surface area contributed by atoms with Crippen molar-refractivity contribution in [1.29, 1.82) is 0 Å². The summed E-state index contributed by atoms with van der Waals surface area (Å²) in [5.74, 6) is 0. The molecule has 5 heteroatoms. The molecule has 5 nitrogen and oxygen atoms in total. The van der Waals surface area contributed by atoms with E-state index in [1.54, 1.807) is 12.4 Å². The van der Waals surface area contributed by atoms with Gasteiger partial charge in [-0.1, -0.05) is 0 Å². The van der Waals surface area contributed by atoms with Gasteiger partial charge in [-0.3, -0.25) is 5.10 Å². The van der Waals surface area contributed by atoms with E-state index in [9.17, 15) is 0 Å². The Balaban J connectivity index is 2.23. The highest BCUT2D eigenvalue weighted by Gasteiger charge is 2.07. The van der Waals surface area contributed by atoms with Gasteiger partial charge in [0.25, 0.3) is 0 Å². The van der Waals surface area contributed by atoms with E-state index in [0.717, 1.165) is 28.1 Å². The first-order valence-electron chi connectivity index (χ1n) is 4.65. The van der Waals surface area contributed by atoms with Gasteiger partial charge in [-0.15, -0.1) is 0 Å². The summed E-state index contributed by atoms with van der Waals surface area (Å²) in [5.41, 5.74) is 4.51. The molecule has 0 atom stereocenters. The van der Waals surface area contributed by atoms with Crippen LogP contribution in [0.5, 0.6) is 0 Å². The number of aromatic amines is 2. The molecule has 15 heavy (non-hydrogen) atoms. The van der Waals surface area contributed by atoms with Gasteiger partial charge in [0, 0.05) is 17.5 Å². The molecule has 0 saturated carbocycles. The van der Waals surface area contributed by atoms with Gasteiger partial charge in [-0.05, 0) is 13.0 Å². The van der Waals surface area contributed by atoms with Crippen LogP contribution in [0.1, 0.15) is 5.69 Å². The van der Waals surface area contributed by atoms with Crippen molar-refractivity contribution in [3.05, 3.63) is 30.4 Å². The summed E-state index contributed by atoms with van der Waals surface area (Å²) in [4.78, 5) is 11.8. The van der Waals surface area contributed by atoms with Gasteiger partial charge in [0.2, 0.25) is 0 Å². The van der Waals surface area contributed by atoms with Gasteiger partial charge in [0.15, 0.2) is 5.65 Å². The SMILES string of the molecule is Cc1[nH]ncc1-c1cnc2[nH]ccc2n1. The molecule has 3 rings (SSSR count). The van der Waals surface area contributed by atoms with E-state index in [2.05, 4.69) is 25.1 Å². The minimum Gasteiger partial charge on any atom is -0.345 e. The molecule has 0 aliphatic rings. The molecule has 3 heterocycles. The smallest absolute Gasteiger partial charge is 0.156 e. The molecular weight excluding hydrogens is 190 g/mol. The van der Waals surface area contributed by atoms with Crippen molar-refractivity contribution < 1.29 is 0 Å². The molecule has 0 aliphatic carbocycles. The van der Waals surface area contributed by atoms with Crippen molar-refractivity contribution in [3.63, 3.8) is 0 Å². The first kappa shape index (κ1) is 8.16. The Bertz CT molecular complexity index is 607. The number of nitrogens with one attached hydrogen (secondary N) is 2. The predicted molar refractivity (Wildman–Crippen MR) is 56.2 cm³/mol. The lowest BCUT2D eigenvalue weighted by Crippen LogP contribution is -1.87. The van der Waals surface area contributed by atoms with Gasteiger partial charge in [0.1, 0.15) is 5.52 Å². The third-order valence-corrected chi connectivity index (χ3v) is 2.37. The highest BCUT2D eigenvalue weighted by atomic mass is 15.1. The van der Waals surface area contributed by atoms with Crippen LogP contribution >= 0.6 is 0 Å². The van der Waals surface area contributed by atoms with Gasteiger partial charge in [-0.2, -0.15) is 5.10 Å². The molecule has 0 saturated heterocycles. The molecule has 2 N–H and O–H groups in total. The highest BCUT2D eigenvalue weighted by molar-refractivity contribution is 5.74. The maximum Gasteiger partial charge on any atom is 0.156 e. The van der Waals surface area contributed by atoms with Crippen LogP contribution in [0.15, 0.2) is 24.7 Å². The molecule has 0 fully saturated rings. The third kappa shape index (κ3) is 1.20. The second-order valence-electron chi connectivity index (χ2n) is 3.38. The van der Waals surface area contributed by atoms with Crippen LogP contribution in [-0.4, -0.2) is 25.1 Å². The Morgan fingerprint density at radius 1 is 1.27 bits per heavy atom. The van der Waals surface area contributed by atoms with E-state index < -0.39 is 0 Å². The van der Waals surface area contributed by atoms with Crippen molar-refractivity contribution in [1.82, 2.24) is 25.1 Å². The van der Waals surface area contributed by atoms with E-state index in [4.69, 9.17) is 0 Å². The summed E-state index contributed by atoms with van der Waals surface area (Å²) < 4.78 is 0. The Kier molecular flexibility index (Phi) is 1.58. The number of hydrogen-bond acceptors (Lipinski definition) is 3. The van der Waals surface area contributed by atoms with Crippen LogP contribution in [-0.2, 0) is 0 Å². The fourth-order valence-electron chi connectivity index (χ4n) is 1.57. The van der Waals surface area contributed by atoms with Crippen LogP contribution in [0.2, 0.25) is 0 Å². The molecule has 3 aromatic rings. The standard InChI is InChI=1S/C10H9N5/c1-6-7(4-13-15-6)9-5-12-10-8(14-9)2-3-11-10/h2-5H,1H3,(H,11,12)(H,13,15). The van der Waals surface area contributed by atoms with Crippen LogP contribution < -0.4 is 0 Å². The maximum absolute atomic E-state index is 4.48. The Labute approximate surface area is 85.6 Å². The first-order chi connectivity index (χ1) is 7.34. The lowest BCUT2D eigenvalue weighted by atomic mass is 10.2. The van der Waals surface area contributed by atoms with Crippen LogP contribution in [0.25, 0.3) is 22.4 Å². The Hall–Kier alpha value is -2.17. The van der Waals surface area contributed by atoms with Gasteiger partial charge < -0.3 is 4.98 Å². The van der Waals surface area contributed by atoms with Crippen molar-refractivity contribution in [2.45, 2.75) is 6.92 Å². The van der Waals surface area contributed by atoms with Crippen molar-refractivity contribution in [3.8, 4) is 11.3 Å². The molecule has 0 spiro atoms. The normalized spacial score (nSPS) is 11.0. The number of H-pyrrole nitrogens is 2. The fourth-order valence-corrected chi connectivity index (χ4v) is 1.57. The zero-order chi connectivity index (χ0) is 10.3. The largest absolute Gasteiger partial charge is 0.345 e. The zero-order valence-electron chi connectivity index (χ0n) is 8.15. The van der Waals surface area contributed by atoms with E-state index in [-0.39, 0.29) is 0 Å². The zero-order valence-corrected chi connectivity index (χ0v) is 8.15. The lowest BCUT2D eigenvalue weighted by molar-refractivity contribution is 1.05. The average Bonchev–Trinajstić information content (AvgIpc) is 2.84. The number of hydrogen-bond donors (Lipinski definition) is 2. The molecule has 0 amide bonds. The van der Waals surface area contributed by atoms with Crippen molar-refractivity contribution in [2.75, 3.05) is 0 Å². The second kappa shape index (κ2) is 2.91. The molecule has 0 radical (unpaired) electrons. The molecular formula is C10H9N5. The molecule has 0 aromatic carbocycles. The molecule has 0 bridgehead atoms. The van der Waals surface area contributed by atoms with Crippen molar-refractivity contribution in [2.24, 2.45) is 0 Å². The summed E-state index contributed by atoms with van der Waals surface area (Å²) >= 11 is 0. The van der Waals surface area contributed by atoms with Crippen LogP contribution in [0, 0.1) is 6.92 Å². The van der Waals surface area contributed by atoms with Crippen LogP contribution in [0.4, 0.5) is 0 Å². The summed E-state index contributed by atoms with van der Waals surface area (Å²) in [6, 6.07) is 1.90. The molecule has 0 unspecified atom stereocenters. The van der Waals surface area contributed by atoms with E-state index in [0.29, 0.717) is 0 Å². The Morgan fingerprint density at radius 3 is 3.00 bits per heavy atom. The van der Waals surface area contributed by atoms with Crippen molar-refractivity contribution >= 4 is 11.2 Å². The lowest BCUT2D eigenvalue weighted by Gasteiger charge is -1.97. The molecule has 74 valence electrons. The Morgan fingerprint density at radius 2 is 2.20 bits per heavy atom. The monoisotopic (exact) mass is 199 g/mol. The number of aryl methyl sites for hydroxylation is 1.